The van der Waals surface area contributed by atoms with Crippen LogP contribution in [-0.4, -0.2) is 17.0 Å². The van der Waals surface area contributed by atoms with Gasteiger partial charge in [0.15, 0.2) is 8.03 Å². The van der Waals surface area contributed by atoms with E-state index in [2.05, 4.69) is 5.32 Å². The van der Waals surface area contributed by atoms with Crippen molar-refractivity contribution in [1.29, 1.82) is 0 Å². The first-order valence-corrected chi connectivity index (χ1v) is 10.2. The molecule has 6 heteroatoms. The van der Waals surface area contributed by atoms with E-state index in [4.69, 9.17) is 10.6 Å². The summed E-state index contributed by atoms with van der Waals surface area (Å²) in [4.78, 5) is 21.5. The Balaban J connectivity index is 1.75. The molecule has 1 unspecified atom stereocenters. The molecule has 0 heterocycles. The molecular formula is C21H21N2O3P. The second kappa shape index (κ2) is 8.67. The fourth-order valence-electron chi connectivity index (χ4n) is 2.74. The van der Waals surface area contributed by atoms with E-state index in [0.717, 1.165) is 16.7 Å². The number of nitrogens with two attached hydrogens (primary N) is 1. The molecule has 4 N–H and O–H groups in total. The minimum atomic E-state index is -2.47. The van der Waals surface area contributed by atoms with Gasteiger partial charge < -0.3 is 15.9 Å². The van der Waals surface area contributed by atoms with E-state index >= 15 is 0 Å². The molecule has 0 aromatic heterocycles. The van der Waals surface area contributed by atoms with Gasteiger partial charge in [-0.1, -0.05) is 48.5 Å². The Hall–Kier alpha value is -2.88. The van der Waals surface area contributed by atoms with E-state index in [1.54, 1.807) is 30.3 Å². The van der Waals surface area contributed by atoms with E-state index < -0.39 is 8.03 Å². The van der Waals surface area contributed by atoms with Crippen LogP contribution in [0.5, 0.6) is 0 Å². The summed E-state index contributed by atoms with van der Waals surface area (Å²) in [6.45, 7) is 0. The Bertz CT molecular complexity index is 957. The zero-order valence-corrected chi connectivity index (χ0v) is 15.7. The average molecular weight is 380 g/mol. The average Bonchev–Trinajstić information content (AvgIpc) is 2.69. The van der Waals surface area contributed by atoms with Crippen molar-refractivity contribution in [3.8, 4) is 11.1 Å². The number of nitrogen functional groups attached to an aromatic ring is 1. The van der Waals surface area contributed by atoms with Gasteiger partial charge in [0.25, 0.3) is 5.91 Å². The van der Waals surface area contributed by atoms with Crippen LogP contribution in [0.4, 0.5) is 11.4 Å². The monoisotopic (exact) mass is 380 g/mol. The Labute approximate surface area is 158 Å². The number of carbonyl (C=O) groups is 1. The van der Waals surface area contributed by atoms with Crippen LogP contribution in [-0.2, 0) is 11.0 Å². The third-order valence-corrected chi connectivity index (χ3v) is 4.93. The maximum atomic E-state index is 12.5. The smallest absolute Gasteiger partial charge is 0.255 e. The van der Waals surface area contributed by atoms with Gasteiger partial charge in [0.1, 0.15) is 0 Å². The van der Waals surface area contributed by atoms with Crippen molar-refractivity contribution in [2.75, 3.05) is 17.2 Å². The second-order valence-corrected chi connectivity index (χ2v) is 7.50. The zero-order valence-electron chi connectivity index (χ0n) is 14.7. The molecule has 0 saturated heterocycles. The van der Waals surface area contributed by atoms with Crippen molar-refractivity contribution in [2.24, 2.45) is 0 Å². The van der Waals surface area contributed by atoms with Crippen molar-refractivity contribution in [3.05, 3.63) is 83.9 Å². The standard InChI is InChI=1S/C21H21N2O3P/c22-19-11-10-18(16-4-2-1-3-5-16)14-20(19)23-21(24)17-8-6-15(7-9-17)12-13-27(25)26/h1-11,14,27H,12-13,22H2,(H,23,24)(H,25,26). The summed E-state index contributed by atoms with van der Waals surface area (Å²) in [6.07, 6.45) is 0.765. The molecule has 0 bridgehead atoms. The molecule has 0 aliphatic heterocycles. The summed E-state index contributed by atoms with van der Waals surface area (Å²) < 4.78 is 10.8. The van der Waals surface area contributed by atoms with E-state index in [9.17, 15) is 9.36 Å². The molecule has 0 radical (unpaired) electrons. The molecule has 0 aliphatic rings. The molecule has 3 rings (SSSR count). The number of anilines is 2. The largest absolute Gasteiger partial charge is 0.397 e. The van der Waals surface area contributed by atoms with Gasteiger partial charge >= 0.3 is 0 Å². The van der Waals surface area contributed by atoms with E-state index in [0.29, 0.717) is 23.4 Å². The van der Waals surface area contributed by atoms with E-state index in [-0.39, 0.29) is 12.1 Å². The third kappa shape index (κ3) is 5.07. The number of benzene rings is 3. The third-order valence-electron chi connectivity index (χ3n) is 4.25. The summed E-state index contributed by atoms with van der Waals surface area (Å²) in [5.41, 5.74) is 10.5. The van der Waals surface area contributed by atoms with Crippen molar-refractivity contribution in [3.63, 3.8) is 0 Å². The van der Waals surface area contributed by atoms with Gasteiger partial charge in [-0.05, 0) is 47.4 Å². The number of hydrogen-bond acceptors (Lipinski definition) is 3. The molecule has 138 valence electrons. The van der Waals surface area contributed by atoms with Crippen LogP contribution in [0.2, 0.25) is 0 Å². The number of aryl methyl sites for hydroxylation is 1. The number of hydrogen-bond donors (Lipinski definition) is 3. The maximum Gasteiger partial charge on any atom is 0.255 e. The molecule has 1 amide bonds. The van der Waals surface area contributed by atoms with Crippen molar-refractivity contribution < 1.29 is 14.3 Å². The van der Waals surface area contributed by atoms with Crippen LogP contribution in [0.1, 0.15) is 15.9 Å². The molecule has 3 aromatic carbocycles. The fourth-order valence-corrected chi connectivity index (χ4v) is 3.25. The Morgan fingerprint density at radius 3 is 2.33 bits per heavy atom. The highest BCUT2D eigenvalue weighted by atomic mass is 31.1. The summed E-state index contributed by atoms with van der Waals surface area (Å²) in [6, 6.07) is 22.4. The second-order valence-electron chi connectivity index (χ2n) is 6.21. The van der Waals surface area contributed by atoms with Gasteiger partial charge in [0.05, 0.1) is 11.4 Å². The topological polar surface area (TPSA) is 92.4 Å². The van der Waals surface area contributed by atoms with E-state index in [1.807, 2.05) is 42.5 Å². The molecule has 27 heavy (non-hydrogen) atoms. The highest BCUT2D eigenvalue weighted by molar-refractivity contribution is 7.37. The first-order chi connectivity index (χ1) is 13.0. The Kier molecular flexibility index (Phi) is 6.07. The predicted molar refractivity (Wildman–Crippen MR) is 110 cm³/mol. The number of amides is 1. The van der Waals surface area contributed by atoms with E-state index in [1.165, 1.54) is 0 Å². The number of rotatable bonds is 6. The maximum absolute atomic E-state index is 12.5. The van der Waals surface area contributed by atoms with Crippen LogP contribution in [0.25, 0.3) is 11.1 Å². The van der Waals surface area contributed by atoms with Crippen molar-refractivity contribution in [1.82, 2.24) is 0 Å². The van der Waals surface area contributed by atoms with Gasteiger partial charge in [0.2, 0.25) is 0 Å². The Morgan fingerprint density at radius 1 is 0.963 bits per heavy atom. The lowest BCUT2D eigenvalue weighted by Crippen LogP contribution is -2.13. The molecule has 5 nitrogen and oxygen atoms in total. The predicted octanol–water partition coefficient (Wildman–Crippen LogP) is 4.20. The molecular weight excluding hydrogens is 359 g/mol. The molecule has 0 aliphatic carbocycles. The zero-order chi connectivity index (χ0) is 19.2. The first kappa shape index (κ1) is 18.9. The summed E-state index contributed by atoms with van der Waals surface area (Å²) in [7, 11) is -2.47. The quantitative estimate of drug-likeness (QED) is 0.441. The van der Waals surface area contributed by atoms with Gasteiger partial charge in [-0.3, -0.25) is 9.36 Å². The summed E-state index contributed by atoms with van der Waals surface area (Å²) in [5.74, 6) is -0.255. The summed E-state index contributed by atoms with van der Waals surface area (Å²) >= 11 is 0. The number of nitrogens with one attached hydrogen (secondary N) is 1. The first-order valence-electron chi connectivity index (χ1n) is 8.60. The highest BCUT2D eigenvalue weighted by Gasteiger charge is 2.10. The normalized spacial score (nSPS) is 11.7. The van der Waals surface area contributed by atoms with Crippen LogP contribution < -0.4 is 11.1 Å². The van der Waals surface area contributed by atoms with Gasteiger partial charge in [-0.25, -0.2) is 0 Å². The lowest BCUT2D eigenvalue weighted by Gasteiger charge is -2.11. The lowest BCUT2D eigenvalue weighted by atomic mass is 10.0. The molecule has 1 atom stereocenters. The highest BCUT2D eigenvalue weighted by Crippen LogP contribution is 2.27. The molecule has 3 aromatic rings. The van der Waals surface area contributed by atoms with Crippen LogP contribution >= 0.6 is 8.03 Å². The van der Waals surface area contributed by atoms with Gasteiger partial charge in [-0.2, -0.15) is 0 Å². The lowest BCUT2D eigenvalue weighted by molar-refractivity contribution is 0.102. The molecule has 0 fully saturated rings. The number of carbonyl (C=O) groups excluding carboxylic acids is 1. The minimum Gasteiger partial charge on any atom is -0.397 e. The van der Waals surface area contributed by atoms with Crippen LogP contribution in [0.15, 0.2) is 72.8 Å². The summed E-state index contributed by atoms with van der Waals surface area (Å²) in [5, 5.41) is 2.86. The van der Waals surface area contributed by atoms with Crippen molar-refractivity contribution >= 4 is 25.3 Å². The van der Waals surface area contributed by atoms with Crippen LogP contribution in [0.3, 0.4) is 0 Å². The fraction of sp³-hybridized carbons (Fsp3) is 0.0952. The minimum absolute atomic E-state index is 0.249. The molecule has 0 saturated carbocycles. The van der Waals surface area contributed by atoms with Gasteiger partial charge in [-0.15, -0.1) is 0 Å². The van der Waals surface area contributed by atoms with Crippen molar-refractivity contribution in [2.45, 2.75) is 6.42 Å². The van der Waals surface area contributed by atoms with Crippen LogP contribution in [0, 0.1) is 0 Å². The molecule has 0 spiro atoms. The Morgan fingerprint density at radius 2 is 1.67 bits per heavy atom. The van der Waals surface area contributed by atoms with Gasteiger partial charge in [0, 0.05) is 11.7 Å². The SMILES string of the molecule is Nc1ccc(-c2ccccc2)cc1NC(=O)c1ccc(CC[PH](=O)O)cc1.